The summed E-state index contributed by atoms with van der Waals surface area (Å²) in [6.07, 6.45) is 1.01. The maximum absolute atomic E-state index is 13.9. The van der Waals surface area contributed by atoms with Crippen LogP contribution >= 0.6 is 0 Å². The molecule has 2 nitrogen and oxygen atoms in total. The Morgan fingerprint density at radius 3 is 2.71 bits per heavy atom. The highest BCUT2D eigenvalue weighted by Crippen LogP contribution is 2.25. The third-order valence-corrected chi connectivity index (χ3v) is 4.71. The average Bonchev–Trinajstić information content (AvgIpc) is 2.44. The zero-order chi connectivity index (χ0) is 15.6. The Bertz CT molecular complexity index is 490. The lowest BCUT2D eigenvalue weighted by atomic mass is 9.89. The lowest BCUT2D eigenvalue weighted by Crippen LogP contribution is -2.63. The highest BCUT2D eigenvalue weighted by Gasteiger charge is 2.36. The van der Waals surface area contributed by atoms with Crippen LogP contribution in [0.2, 0.25) is 0 Å². The molecule has 0 radical (unpaired) electrons. The van der Waals surface area contributed by atoms with Crippen molar-refractivity contribution in [3.8, 4) is 0 Å². The second-order valence-electron chi connectivity index (χ2n) is 6.72. The molecule has 0 amide bonds. The van der Waals surface area contributed by atoms with Crippen LogP contribution in [0.3, 0.4) is 0 Å². The van der Waals surface area contributed by atoms with Gasteiger partial charge in [-0.3, -0.25) is 4.90 Å². The van der Waals surface area contributed by atoms with Gasteiger partial charge in [0.2, 0.25) is 0 Å². The van der Waals surface area contributed by atoms with Crippen LogP contribution in [0.15, 0.2) is 18.2 Å². The molecule has 2 atom stereocenters. The molecule has 21 heavy (non-hydrogen) atoms. The molecule has 4 heteroatoms. The monoisotopic (exact) mass is 296 g/mol. The van der Waals surface area contributed by atoms with Crippen molar-refractivity contribution in [3.63, 3.8) is 0 Å². The quantitative estimate of drug-likeness (QED) is 0.914. The molecular weight excluding hydrogens is 270 g/mol. The summed E-state index contributed by atoms with van der Waals surface area (Å²) in [5.41, 5.74) is 0.482. The molecule has 1 aliphatic heterocycles. The summed E-state index contributed by atoms with van der Waals surface area (Å²) in [6.45, 7) is 10.9. The first kappa shape index (κ1) is 16.4. The predicted molar refractivity (Wildman–Crippen MR) is 82.1 cm³/mol. The number of halogens is 2. The van der Waals surface area contributed by atoms with E-state index < -0.39 is 11.6 Å². The minimum atomic E-state index is -0.762. The van der Waals surface area contributed by atoms with Gasteiger partial charge in [0.1, 0.15) is 0 Å². The van der Waals surface area contributed by atoms with Crippen LogP contribution in [0.25, 0.3) is 0 Å². The Balaban J connectivity index is 2.22. The van der Waals surface area contributed by atoms with Gasteiger partial charge in [0.25, 0.3) is 0 Å². The molecule has 0 aromatic heterocycles. The van der Waals surface area contributed by atoms with Gasteiger partial charge in [-0.05, 0) is 25.3 Å². The van der Waals surface area contributed by atoms with Crippen molar-refractivity contribution in [1.82, 2.24) is 10.2 Å². The van der Waals surface area contributed by atoms with Gasteiger partial charge in [-0.15, -0.1) is 0 Å². The highest BCUT2D eigenvalue weighted by molar-refractivity contribution is 5.19. The third-order valence-electron chi connectivity index (χ3n) is 4.71. The molecule has 2 rings (SSSR count). The van der Waals surface area contributed by atoms with E-state index in [1.165, 1.54) is 6.07 Å². The molecule has 1 fully saturated rings. The molecule has 0 bridgehead atoms. The Hall–Kier alpha value is -1.00. The van der Waals surface area contributed by atoms with Gasteiger partial charge < -0.3 is 5.32 Å². The topological polar surface area (TPSA) is 15.3 Å². The SMILES string of the molecule is CCC1(C)CN(Cc2cccc(F)c2F)C(C(C)C)CN1. The van der Waals surface area contributed by atoms with Gasteiger partial charge in [0.15, 0.2) is 11.6 Å². The summed E-state index contributed by atoms with van der Waals surface area (Å²) in [5, 5.41) is 3.61. The van der Waals surface area contributed by atoms with Gasteiger partial charge in [-0.1, -0.05) is 32.9 Å². The van der Waals surface area contributed by atoms with Crippen molar-refractivity contribution in [2.75, 3.05) is 13.1 Å². The summed E-state index contributed by atoms with van der Waals surface area (Å²) < 4.78 is 27.3. The Morgan fingerprint density at radius 2 is 2.10 bits per heavy atom. The van der Waals surface area contributed by atoms with E-state index in [-0.39, 0.29) is 5.54 Å². The van der Waals surface area contributed by atoms with E-state index in [1.807, 2.05) is 0 Å². The third kappa shape index (κ3) is 3.61. The maximum Gasteiger partial charge on any atom is 0.163 e. The van der Waals surface area contributed by atoms with E-state index in [2.05, 4.69) is 37.9 Å². The molecule has 0 aliphatic carbocycles. The Kier molecular flexibility index (Phi) is 4.99. The number of nitrogens with zero attached hydrogens (tertiary/aromatic N) is 1. The van der Waals surface area contributed by atoms with Crippen molar-refractivity contribution in [2.24, 2.45) is 5.92 Å². The fourth-order valence-electron chi connectivity index (χ4n) is 3.06. The Morgan fingerprint density at radius 1 is 1.38 bits per heavy atom. The largest absolute Gasteiger partial charge is 0.309 e. The molecular formula is C17H26F2N2. The molecule has 1 aromatic rings. The first-order valence-electron chi connectivity index (χ1n) is 7.78. The van der Waals surface area contributed by atoms with E-state index in [0.29, 0.717) is 24.1 Å². The van der Waals surface area contributed by atoms with Crippen molar-refractivity contribution in [1.29, 1.82) is 0 Å². The van der Waals surface area contributed by atoms with E-state index in [9.17, 15) is 8.78 Å². The van der Waals surface area contributed by atoms with Crippen LogP contribution in [0.5, 0.6) is 0 Å². The molecule has 1 heterocycles. The van der Waals surface area contributed by atoms with Crippen LogP contribution in [0.4, 0.5) is 8.78 Å². The molecule has 0 saturated carbocycles. The molecule has 0 spiro atoms. The number of nitrogens with one attached hydrogen (secondary N) is 1. The van der Waals surface area contributed by atoms with Crippen LogP contribution in [-0.4, -0.2) is 29.6 Å². The number of piperazine rings is 1. The zero-order valence-electron chi connectivity index (χ0n) is 13.4. The molecule has 118 valence electrons. The highest BCUT2D eigenvalue weighted by atomic mass is 19.2. The summed E-state index contributed by atoms with van der Waals surface area (Å²) >= 11 is 0. The fraction of sp³-hybridized carbons (Fsp3) is 0.647. The minimum absolute atomic E-state index is 0.0369. The lowest BCUT2D eigenvalue weighted by molar-refractivity contribution is 0.0529. The molecule has 1 aliphatic rings. The van der Waals surface area contributed by atoms with E-state index >= 15 is 0 Å². The van der Waals surface area contributed by atoms with E-state index in [0.717, 1.165) is 19.5 Å². The smallest absolute Gasteiger partial charge is 0.163 e. The second-order valence-corrected chi connectivity index (χ2v) is 6.72. The predicted octanol–water partition coefficient (Wildman–Crippen LogP) is 3.56. The summed E-state index contributed by atoms with van der Waals surface area (Å²) in [7, 11) is 0. The number of rotatable bonds is 4. The first-order chi connectivity index (χ1) is 9.86. The van der Waals surface area contributed by atoms with Crippen LogP contribution < -0.4 is 5.32 Å². The lowest BCUT2D eigenvalue weighted by Gasteiger charge is -2.47. The molecule has 2 unspecified atom stereocenters. The maximum atomic E-state index is 13.9. The number of hydrogen-bond acceptors (Lipinski definition) is 2. The number of hydrogen-bond donors (Lipinski definition) is 1. The van der Waals surface area contributed by atoms with Crippen molar-refractivity contribution < 1.29 is 8.78 Å². The average molecular weight is 296 g/mol. The van der Waals surface area contributed by atoms with Crippen molar-refractivity contribution >= 4 is 0 Å². The van der Waals surface area contributed by atoms with Gasteiger partial charge in [0, 0.05) is 36.8 Å². The molecule has 1 N–H and O–H groups in total. The zero-order valence-corrected chi connectivity index (χ0v) is 13.4. The van der Waals surface area contributed by atoms with Crippen molar-refractivity contribution in [3.05, 3.63) is 35.4 Å². The number of benzene rings is 1. The minimum Gasteiger partial charge on any atom is -0.309 e. The second kappa shape index (κ2) is 6.41. The normalized spacial score (nSPS) is 27.3. The summed E-state index contributed by atoms with van der Waals surface area (Å²) in [6, 6.07) is 4.78. The molecule has 1 aromatic carbocycles. The van der Waals surface area contributed by atoms with Gasteiger partial charge in [-0.2, -0.15) is 0 Å². The fourth-order valence-corrected chi connectivity index (χ4v) is 3.06. The Labute approximate surface area is 126 Å². The van der Waals surface area contributed by atoms with Crippen LogP contribution in [0.1, 0.15) is 39.7 Å². The standard InChI is InChI=1S/C17H26F2N2/c1-5-17(4)11-21(15(9-20-17)12(2)3)10-13-7-6-8-14(18)16(13)19/h6-8,12,15,20H,5,9-11H2,1-4H3. The first-order valence-corrected chi connectivity index (χ1v) is 7.78. The van der Waals surface area contributed by atoms with Gasteiger partial charge >= 0.3 is 0 Å². The van der Waals surface area contributed by atoms with Gasteiger partial charge in [0.05, 0.1) is 0 Å². The summed E-state index contributed by atoms with van der Waals surface area (Å²) in [5.74, 6) is -1.01. The van der Waals surface area contributed by atoms with Crippen LogP contribution in [0, 0.1) is 17.6 Å². The van der Waals surface area contributed by atoms with Crippen molar-refractivity contribution in [2.45, 2.75) is 52.2 Å². The molecule has 1 saturated heterocycles. The van der Waals surface area contributed by atoms with Crippen LogP contribution in [-0.2, 0) is 6.54 Å². The van der Waals surface area contributed by atoms with E-state index in [1.54, 1.807) is 12.1 Å². The summed E-state index contributed by atoms with van der Waals surface area (Å²) in [4.78, 5) is 2.29. The van der Waals surface area contributed by atoms with Gasteiger partial charge in [-0.25, -0.2) is 8.78 Å². The van der Waals surface area contributed by atoms with E-state index in [4.69, 9.17) is 0 Å².